The number of rotatable bonds is 8. The first-order valence-electron chi connectivity index (χ1n) is 6.53. The molecule has 3 nitrogen and oxygen atoms in total. The molecule has 0 saturated heterocycles. The van der Waals surface area contributed by atoms with Crippen molar-refractivity contribution in [1.82, 2.24) is 5.32 Å². The van der Waals surface area contributed by atoms with Gasteiger partial charge < -0.3 is 14.8 Å². The molecule has 20 heavy (non-hydrogen) atoms. The van der Waals surface area contributed by atoms with Gasteiger partial charge in [0.15, 0.2) is 0 Å². The number of hydrogen-bond acceptors (Lipinski definition) is 3. The summed E-state index contributed by atoms with van der Waals surface area (Å²) >= 11 is 0. The number of nitrogens with one attached hydrogen (secondary N) is 1. The van der Waals surface area contributed by atoms with Crippen LogP contribution in [0.25, 0.3) is 0 Å². The van der Waals surface area contributed by atoms with Crippen molar-refractivity contribution in [3.8, 4) is 5.75 Å². The Morgan fingerprint density at radius 2 is 2.00 bits per heavy atom. The lowest BCUT2D eigenvalue weighted by Gasteiger charge is -2.14. The Hall–Kier alpha value is -1.27. The zero-order valence-electron chi connectivity index (χ0n) is 11.7. The predicted molar refractivity (Wildman–Crippen MR) is 70.9 cm³/mol. The first kappa shape index (κ1) is 16.8. The quantitative estimate of drug-likeness (QED) is 0.745. The molecule has 1 unspecified atom stereocenters. The molecule has 114 valence electrons. The molecule has 6 heteroatoms. The smallest absolute Gasteiger partial charge is 0.411 e. The third-order valence-corrected chi connectivity index (χ3v) is 2.63. The third kappa shape index (κ3) is 6.77. The molecule has 0 aliphatic carbocycles. The summed E-state index contributed by atoms with van der Waals surface area (Å²) in [6.07, 6.45) is -4.29. The molecule has 0 saturated carbocycles. The van der Waals surface area contributed by atoms with Gasteiger partial charge in [-0.2, -0.15) is 13.2 Å². The zero-order valence-corrected chi connectivity index (χ0v) is 11.7. The molecule has 1 N–H and O–H groups in total. The summed E-state index contributed by atoms with van der Waals surface area (Å²) in [4.78, 5) is 0. The highest BCUT2D eigenvalue weighted by Gasteiger charge is 2.27. The van der Waals surface area contributed by atoms with E-state index in [0.29, 0.717) is 5.75 Å². The van der Waals surface area contributed by atoms with Crippen molar-refractivity contribution in [2.45, 2.75) is 26.1 Å². The van der Waals surface area contributed by atoms with E-state index in [9.17, 15) is 13.2 Å². The minimum atomic E-state index is -4.29. The van der Waals surface area contributed by atoms with Gasteiger partial charge in [0.25, 0.3) is 0 Å². The molecule has 1 aromatic carbocycles. The first-order chi connectivity index (χ1) is 9.42. The average molecular weight is 291 g/mol. The Bertz CT molecular complexity index is 396. The highest BCUT2D eigenvalue weighted by molar-refractivity contribution is 5.30. The Morgan fingerprint density at radius 3 is 2.65 bits per heavy atom. The maximum absolute atomic E-state index is 11.8. The lowest BCUT2D eigenvalue weighted by molar-refractivity contribution is -0.175. The van der Waals surface area contributed by atoms with Crippen molar-refractivity contribution in [3.63, 3.8) is 0 Å². The maximum atomic E-state index is 11.8. The number of hydrogen-bond donors (Lipinski definition) is 1. The number of halogens is 3. The van der Waals surface area contributed by atoms with Crippen molar-refractivity contribution in [2.75, 3.05) is 26.4 Å². The molecular weight excluding hydrogens is 271 g/mol. The molecule has 1 atom stereocenters. The van der Waals surface area contributed by atoms with E-state index in [1.807, 2.05) is 32.0 Å². The third-order valence-electron chi connectivity index (χ3n) is 2.63. The van der Waals surface area contributed by atoms with Crippen LogP contribution < -0.4 is 10.1 Å². The molecule has 0 aliphatic rings. The van der Waals surface area contributed by atoms with Gasteiger partial charge in [0.2, 0.25) is 0 Å². The summed E-state index contributed by atoms with van der Waals surface area (Å²) in [6, 6.07) is 7.67. The van der Waals surface area contributed by atoms with Crippen molar-refractivity contribution in [2.24, 2.45) is 0 Å². The second-order valence-corrected chi connectivity index (χ2v) is 4.37. The van der Waals surface area contributed by atoms with Gasteiger partial charge in [-0.25, -0.2) is 0 Å². The standard InChI is InChI=1S/C14H20F3NO2/c1-3-18-11(2)12-5-4-6-13(9-12)20-8-7-19-10-14(15,16)17/h4-6,9,11,18H,3,7-8,10H2,1-2H3. The van der Waals surface area contributed by atoms with Crippen LogP contribution in [0.4, 0.5) is 13.2 Å². The van der Waals surface area contributed by atoms with Crippen molar-refractivity contribution in [1.29, 1.82) is 0 Å². The van der Waals surface area contributed by atoms with E-state index in [4.69, 9.17) is 4.74 Å². The van der Waals surface area contributed by atoms with E-state index in [1.165, 1.54) is 0 Å². The van der Waals surface area contributed by atoms with E-state index < -0.39 is 12.8 Å². The van der Waals surface area contributed by atoms with E-state index in [0.717, 1.165) is 12.1 Å². The fraction of sp³-hybridized carbons (Fsp3) is 0.571. The van der Waals surface area contributed by atoms with E-state index in [1.54, 1.807) is 6.07 Å². The predicted octanol–water partition coefficient (Wildman–Crippen LogP) is 3.31. The minimum absolute atomic E-state index is 0.0908. The molecule has 0 radical (unpaired) electrons. The van der Waals surface area contributed by atoms with Crippen LogP contribution in [0.1, 0.15) is 25.5 Å². The molecule has 0 aliphatic heterocycles. The fourth-order valence-corrected chi connectivity index (χ4v) is 1.70. The first-order valence-corrected chi connectivity index (χ1v) is 6.53. The summed E-state index contributed by atoms with van der Waals surface area (Å²) in [5, 5.41) is 3.28. The lowest BCUT2D eigenvalue weighted by Crippen LogP contribution is -2.19. The highest BCUT2D eigenvalue weighted by Crippen LogP contribution is 2.19. The van der Waals surface area contributed by atoms with Crippen LogP contribution in [0.3, 0.4) is 0 Å². The summed E-state index contributed by atoms with van der Waals surface area (Å²) in [5.74, 6) is 0.628. The van der Waals surface area contributed by atoms with Gasteiger partial charge in [-0.05, 0) is 31.2 Å². The van der Waals surface area contributed by atoms with E-state index >= 15 is 0 Å². The molecular formula is C14H20F3NO2. The second kappa shape index (κ2) is 8.11. The fourth-order valence-electron chi connectivity index (χ4n) is 1.70. The Balaban J connectivity index is 2.35. The second-order valence-electron chi connectivity index (χ2n) is 4.37. The number of benzene rings is 1. The van der Waals surface area contributed by atoms with Gasteiger partial charge in [-0.15, -0.1) is 0 Å². The van der Waals surface area contributed by atoms with Gasteiger partial charge in [0, 0.05) is 6.04 Å². The number of ether oxygens (including phenoxy) is 2. The van der Waals surface area contributed by atoms with Crippen molar-refractivity contribution < 1.29 is 22.6 Å². The van der Waals surface area contributed by atoms with Crippen molar-refractivity contribution >= 4 is 0 Å². The Kier molecular flexibility index (Phi) is 6.81. The minimum Gasteiger partial charge on any atom is -0.491 e. The SMILES string of the molecule is CCNC(C)c1cccc(OCCOCC(F)(F)F)c1. The lowest BCUT2D eigenvalue weighted by atomic mass is 10.1. The monoisotopic (exact) mass is 291 g/mol. The maximum Gasteiger partial charge on any atom is 0.411 e. The van der Waals surface area contributed by atoms with Gasteiger partial charge in [-0.3, -0.25) is 0 Å². The average Bonchev–Trinajstić information content (AvgIpc) is 2.37. The van der Waals surface area contributed by atoms with Crippen LogP contribution >= 0.6 is 0 Å². The van der Waals surface area contributed by atoms with Crippen LogP contribution in [0, 0.1) is 0 Å². The van der Waals surface area contributed by atoms with Crippen LogP contribution in [-0.4, -0.2) is 32.5 Å². The molecule has 0 amide bonds. The van der Waals surface area contributed by atoms with Crippen LogP contribution in [0.15, 0.2) is 24.3 Å². The summed E-state index contributed by atoms with van der Waals surface area (Å²) < 4.78 is 45.4. The Labute approximate surface area is 117 Å². The van der Waals surface area contributed by atoms with Crippen LogP contribution in [0.2, 0.25) is 0 Å². The largest absolute Gasteiger partial charge is 0.491 e. The molecule has 0 bridgehead atoms. The number of alkyl halides is 3. The molecule has 0 heterocycles. The summed E-state index contributed by atoms with van der Waals surface area (Å²) in [5.41, 5.74) is 1.07. The molecule has 0 spiro atoms. The summed E-state index contributed by atoms with van der Waals surface area (Å²) in [6.45, 7) is 3.68. The molecule has 0 aromatic heterocycles. The normalized spacial score (nSPS) is 13.2. The van der Waals surface area contributed by atoms with Crippen LogP contribution in [0.5, 0.6) is 5.75 Å². The van der Waals surface area contributed by atoms with E-state index in [2.05, 4.69) is 10.1 Å². The van der Waals surface area contributed by atoms with Crippen molar-refractivity contribution in [3.05, 3.63) is 29.8 Å². The van der Waals surface area contributed by atoms with Gasteiger partial charge in [0.05, 0.1) is 6.61 Å². The molecule has 0 fully saturated rings. The molecule has 1 aromatic rings. The van der Waals surface area contributed by atoms with E-state index in [-0.39, 0.29) is 19.3 Å². The highest BCUT2D eigenvalue weighted by atomic mass is 19.4. The van der Waals surface area contributed by atoms with Gasteiger partial charge in [0.1, 0.15) is 19.0 Å². The summed E-state index contributed by atoms with van der Waals surface area (Å²) in [7, 11) is 0. The topological polar surface area (TPSA) is 30.5 Å². The van der Waals surface area contributed by atoms with Crippen LogP contribution in [-0.2, 0) is 4.74 Å². The zero-order chi connectivity index (χ0) is 15.0. The Morgan fingerprint density at radius 1 is 1.25 bits per heavy atom. The van der Waals surface area contributed by atoms with Gasteiger partial charge >= 0.3 is 6.18 Å². The van der Waals surface area contributed by atoms with Gasteiger partial charge in [-0.1, -0.05) is 19.1 Å². The molecule has 1 rings (SSSR count).